The van der Waals surface area contributed by atoms with Crippen LogP contribution in [0.5, 0.6) is 0 Å². The second-order valence-corrected chi connectivity index (χ2v) is 13.5. The van der Waals surface area contributed by atoms with E-state index >= 15 is 0 Å². The van der Waals surface area contributed by atoms with Crippen LogP contribution in [0.25, 0.3) is 11.0 Å². The summed E-state index contributed by atoms with van der Waals surface area (Å²) in [6, 6.07) is 8.74. The molecule has 7 rings (SSSR count). The highest BCUT2D eigenvalue weighted by molar-refractivity contribution is 6.22. The third-order valence-corrected chi connectivity index (χ3v) is 10.5. The number of amides is 3. The van der Waals surface area contributed by atoms with Crippen LogP contribution in [0.3, 0.4) is 0 Å². The van der Waals surface area contributed by atoms with Crippen LogP contribution < -0.4 is 15.8 Å². The van der Waals surface area contributed by atoms with Gasteiger partial charge in [-0.2, -0.15) is 0 Å². The Hall–Kier alpha value is -2.74. The highest BCUT2D eigenvalue weighted by atomic mass is 16.2. The average molecular weight is 532 g/mol. The number of hydrogen-bond donors (Lipinski definition) is 1. The van der Waals surface area contributed by atoms with E-state index in [9.17, 15) is 14.4 Å². The minimum atomic E-state index is -1.07. The largest absolute Gasteiger partial charge is 0.331 e. The predicted octanol–water partition coefficient (Wildman–Crippen LogP) is 5.15. The molecule has 3 aliphatic heterocycles. The number of benzene rings is 1. The molecule has 2 unspecified atom stereocenters. The molecule has 4 heterocycles. The van der Waals surface area contributed by atoms with Crippen LogP contribution in [-0.4, -0.2) is 50.1 Å². The standard InChI is InChI=1S/C31H41N5O3/c1-31(2)29(38)36(30(39)33-31)27-28(37)35(26-13-6-5-12-25(26)32-27)24-17-21-10-7-11-22(18-24)34(21)23-15-19-8-3-4-9-20(14-19)16-23/h5-6,12-13,19-24H,3-4,7-11,14-18H2,1-2H3,(H,33,39)/t19-,20+,21-,22+,23?,24?. The lowest BCUT2D eigenvalue weighted by Gasteiger charge is -2.54. The van der Waals surface area contributed by atoms with Gasteiger partial charge in [-0.05, 0) is 82.8 Å². The van der Waals surface area contributed by atoms with Crippen LogP contribution in [0.1, 0.15) is 96.9 Å². The Bertz CT molecular complexity index is 1340. The van der Waals surface area contributed by atoms with E-state index in [4.69, 9.17) is 0 Å². The lowest BCUT2D eigenvalue weighted by Crippen LogP contribution is -2.58. The zero-order valence-electron chi connectivity index (χ0n) is 23.3. The molecule has 0 radical (unpaired) electrons. The van der Waals surface area contributed by atoms with Crippen LogP contribution in [-0.2, 0) is 4.79 Å². The van der Waals surface area contributed by atoms with E-state index in [-0.39, 0.29) is 17.4 Å². The molecule has 3 saturated heterocycles. The zero-order chi connectivity index (χ0) is 26.9. The number of anilines is 1. The molecule has 208 valence electrons. The van der Waals surface area contributed by atoms with E-state index in [1.165, 1.54) is 64.2 Å². The lowest BCUT2D eigenvalue weighted by atomic mass is 9.73. The number of aromatic nitrogens is 2. The van der Waals surface area contributed by atoms with Gasteiger partial charge in [-0.15, -0.1) is 0 Å². The molecule has 2 aliphatic carbocycles. The second kappa shape index (κ2) is 9.43. The summed E-state index contributed by atoms with van der Waals surface area (Å²) in [5.74, 6) is 1.25. The summed E-state index contributed by atoms with van der Waals surface area (Å²) in [6.07, 6.45) is 15.2. The number of imide groups is 1. The number of carbonyl (C=O) groups excluding carboxylic acids is 2. The number of piperidine rings is 2. The first kappa shape index (κ1) is 25.2. The smallest absolute Gasteiger partial charge is 0.323 e. The van der Waals surface area contributed by atoms with Crippen molar-refractivity contribution in [3.05, 3.63) is 34.6 Å². The number of nitrogens with zero attached hydrogens (tertiary/aromatic N) is 4. The van der Waals surface area contributed by atoms with E-state index in [1.54, 1.807) is 13.8 Å². The Morgan fingerprint density at radius 1 is 0.795 bits per heavy atom. The van der Waals surface area contributed by atoms with Gasteiger partial charge >= 0.3 is 6.03 Å². The fourth-order valence-electron chi connectivity index (χ4n) is 8.90. The average Bonchev–Trinajstić information content (AvgIpc) is 3.00. The van der Waals surface area contributed by atoms with Crippen molar-refractivity contribution in [3.8, 4) is 0 Å². The first-order valence-electron chi connectivity index (χ1n) is 15.3. The maximum absolute atomic E-state index is 14.2. The number of hydrogen-bond acceptors (Lipinski definition) is 5. The summed E-state index contributed by atoms with van der Waals surface area (Å²) in [5.41, 5.74) is 0.0236. The van der Waals surface area contributed by atoms with Crippen LogP contribution in [0.15, 0.2) is 29.1 Å². The molecule has 8 nitrogen and oxygen atoms in total. The van der Waals surface area contributed by atoms with Gasteiger partial charge in [0.25, 0.3) is 11.5 Å². The highest BCUT2D eigenvalue weighted by Crippen LogP contribution is 2.47. The summed E-state index contributed by atoms with van der Waals surface area (Å²) < 4.78 is 1.88. The molecular weight excluding hydrogens is 490 g/mol. The highest BCUT2D eigenvalue weighted by Gasteiger charge is 2.48. The van der Waals surface area contributed by atoms with Crippen LogP contribution in [0.4, 0.5) is 10.6 Å². The topological polar surface area (TPSA) is 87.5 Å². The van der Waals surface area contributed by atoms with Crippen molar-refractivity contribution in [1.82, 2.24) is 19.8 Å². The van der Waals surface area contributed by atoms with Crippen LogP contribution in [0, 0.1) is 11.8 Å². The van der Waals surface area contributed by atoms with Crippen molar-refractivity contribution in [1.29, 1.82) is 0 Å². The molecule has 2 saturated carbocycles. The number of nitrogens with one attached hydrogen (secondary N) is 1. The molecule has 39 heavy (non-hydrogen) atoms. The van der Waals surface area contributed by atoms with Gasteiger partial charge in [-0.3, -0.25) is 14.5 Å². The van der Waals surface area contributed by atoms with Crippen molar-refractivity contribution in [3.63, 3.8) is 0 Å². The molecule has 3 amide bonds. The number of carbonyl (C=O) groups is 2. The zero-order valence-corrected chi connectivity index (χ0v) is 23.3. The number of para-hydroxylation sites is 2. The molecule has 2 aromatic rings. The van der Waals surface area contributed by atoms with Crippen molar-refractivity contribution >= 4 is 28.8 Å². The number of urea groups is 1. The third-order valence-electron chi connectivity index (χ3n) is 10.5. The fraction of sp³-hybridized carbons (Fsp3) is 0.677. The van der Waals surface area contributed by atoms with Gasteiger partial charge in [-0.1, -0.05) is 44.2 Å². The second-order valence-electron chi connectivity index (χ2n) is 13.5. The predicted molar refractivity (Wildman–Crippen MR) is 151 cm³/mol. The van der Waals surface area contributed by atoms with Crippen LogP contribution in [0.2, 0.25) is 0 Å². The van der Waals surface area contributed by atoms with Crippen molar-refractivity contribution < 1.29 is 9.59 Å². The summed E-state index contributed by atoms with van der Waals surface area (Å²) in [7, 11) is 0. The molecule has 4 bridgehead atoms. The Balaban J connectivity index is 1.25. The van der Waals surface area contributed by atoms with E-state index in [0.29, 0.717) is 23.6 Å². The third kappa shape index (κ3) is 4.21. The Labute approximate surface area is 230 Å². The quantitative estimate of drug-likeness (QED) is 0.554. The maximum Gasteiger partial charge on any atom is 0.331 e. The Morgan fingerprint density at radius 3 is 2.10 bits per heavy atom. The number of fused-ring (bicyclic) bond motifs is 5. The normalized spacial score (nSPS) is 34.7. The van der Waals surface area contributed by atoms with Gasteiger partial charge in [0.15, 0.2) is 0 Å². The van der Waals surface area contributed by atoms with Gasteiger partial charge in [0, 0.05) is 24.2 Å². The van der Waals surface area contributed by atoms with Crippen molar-refractivity contribution in [2.75, 3.05) is 4.90 Å². The molecule has 5 fully saturated rings. The van der Waals surface area contributed by atoms with Crippen molar-refractivity contribution in [2.45, 2.75) is 121 Å². The van der Waals surface area contributed by atoms with E-state index in [2.05, 4.69) is 15.2 Å². The van der Waals surface area contributed by atoms with Gasteiger partial charge < -0.3 is 9.88 Å². The Kier molecular flexibility index (Phi) is 6.10. The summed E-state index contributed by atoms with van der Waals surface area (Å²) in [4.78, 5) is 48.6. The lowest BCUT2D eigenvalue weighted by molar-refractivity contribution is -0.121. The molecule has 8 heteroatoms. The fourth-order valence-corrected chi connectivity index (χ4v) is 8.90. The summed E-state index contributed by atoms with van der Waals surface area (Å²) >= 11 is 0. The Morgan fingerprint density at radius 2 is 1.46 bits per heavy atom. The van der Waals surface area contributed by atoms with E-state index in [0.717, 1.165) is 35.1 Å². The summed E-state index contributed by atoms with van der Waals surface area (Å²) in [5, 5.41) is 2.70. The first-order valence-corrected chi connectivity index (χ1v) is 15.3. The molecule has 6 atom stereocenters. The molecule has 1 aromatic carbocycles. The molecular formula is C31H41N5O3. The summed E-state index contributed by atoms with van der Waals surface area (Å²) in [6.45, 7) is 3.32. The van der Waals surface area contributed by atoms with E-state index in [1.807, 2.05) is 28.8 Å². The van der Waals surface area contributed by atoms with Gasteiger partial charge in [0.2, 0.25) is 5.82 Å². The van der Waals surface area contributed by atoms with Gasteiger partial charge in [0.05, 0.1) is 11.0 Å². The van der Waals surface area contributed by atoms with E-state index < -0.39 is 17.5 Å². The molecule has 1 N–H and O–H groups in total. The first-order chi connectivity index (χ1) is 18.8. The van der Waals surface area contributed by atoms with Gasteiger partial charge in [-0.25, -0.2) is 14.7 Å². The minimum Gasteiger partial charge on any atom is -0.323 e. The maximum atomic E-state index is 14.2. The van der Waals surface area contributed by atoms with Crippen molar-refractivity contribution in [2.24, 2.45) is 11.8 Å². The SMILES string of the molecule is CC1(C)NC(=O)N(c2nc3ccccc3n(C3C[C@H]4CCC[C@@H](C3)N4C3C[C@H]4CCCC[C@@H](C3)C4)c2=O)C1=O. The molecule has 0 spiro atoms. The van der Waals surface area contributed by atoms with Crippen LogP contribution >= 0.6 is 0 Å². The minimum absolute atomic E-state index is 0.0235. The monoisotopic (exact) mass is 531 g/mol. The van der Waals surface area contributed by atoms with Gasteiger partial charge in [0.1, 0.15) is 5.54 Å². The molecule has 1 aromatic heterocycles. The molecule has 5 aliphatic rings. The number of rotatable bonds is 3.